The van der Waals surface area contributed by atoms with Crippen LogP contribution in [0.1, 0.15) is 114 Å². The highest BCUT2D eigenvalue weighted by molar-refractivity contribution is 7.98. The number of rotatable bonds is 23. The first-order valence-corrected chi connectivity index (χ1v) is 24.5. The first-order valence-electron chi connectivity index (χ1n) is 23.3. The van der Waals surface area contributed by atoms with Gasteiger partial charge in [-0.15, -0.1) is 18.3 Å². The monoisotopic (exact) mass is 864 g/mol. The highest BCUT2D eigenvalue weighted by Gasteiger charge is 2.65. The van der Waals surface area contributed by atoms with Crippen molar-refractivity contribution in [3.8, 4) is 17.2 Å². The molecule has 1 amide bonds. The molecular formula is C52H68N2O7S. The number of ether oxygens (including phenoxy) is 3. The Morgan fingerprint density at radius 2 is 1.71 bits per heavy atom. The van der Waals surface area contributed by atoms with Gasteiger partial charge in [-0.1, -0.05) is 93.1 Å². The molecule has 3 aromatic rings. The van der Waals surface area contributed by atoms with Gasteiger partial charge in [-0.25, -0.2) is 0 Å². The summed E-state index contributed by atoms with van der Waals surface area (Å²) in [6.45, 7) is 7.60. The quantitative estimate of drug-likeness (QED) is 0.0420. The average molecular weight is 865 g/mol. The van der Waals surface area contributed by atoms with Crippen LogP contribution >= 0.6 is 11.8 Å². The predicted molar refractivity (Wildman–Crippen MR) is 248 cm³/mol. The second kappa shape index (κ2) is 22.5. The fourth-order valence-electron chi connectivity index (χ4n) is 10.7. The zero-order chi connectivity index (χ0) is 43.3. The number of benzene rings is 3. The van der Waals surface area contributed by atoms with Gasteiger partial charge in [-0.2, -0.15) is 0 Å². The van der Waals surface area contributed by atoms with Gasteiger partial charge in [0.05, 0.1) is 18.2 Å². The summed E-state index contributed by atoms with van der Waals surface area (Å²) in [7, 11) is 0. The predicted octanol–water partition coefficient (Wildman–Crippen LogP) is 11.2. The van der Waals surface area contributed by atoms with Gasteiger partial charge in [0.1, 0.15) is 29.9 Å². The highest BCUT2D eigenvalue weighted by atomic mass is 32.2. The number of amides is 1. The molecule has 2 N–H and O–H groups in total. The summed E-state index contributed by atoms with van der Waals surface area (Å²) in [5.41, 5.74) is 3.92. The van der Waals surface area contributed by atoms with Crippen LogP contribution in [0, 0.1) is 23.7 Å². The number of carbonyl (C=O) groups excluding carboxylic acids is 1. The SMILES string of the molecule is C=CCO[C@@]12Oc3ccc(Oc4ccc(SC)cc4)cc3[C@H]3[C@H](CCCCO)[C@@H](CCCCO)C=C(C(=NOCc4ccccc4)C[C@@H]1N(CCC)C(=O)CCC1CCCC1)[C@H]32. The molecule has 0 unspecified atom stereocenters. The summed E-state index contributed by atoms with van der Waals surface area (Å²) in [6, 6.07) is 23.9. The van der Waals surface area contributed by atoms with Gasteiger partial charge in [0, 0.05) is 49.0 Å². The van der Waals surface area contributed by atoms with Crippen LogP contribution in [0.15, 0.2) is 107 Å². The second-order valence-corrected chi connectivity index (χ2v) is 18.5. The van der Waals surface area contributed by atoms with E-state index in [0.29, 0.717) is 50.5 Å². The summed E-state index contributed by atoms with van der Waals surface area (Å²) in [6.07, 6.45) is 18.6. The Bertz CT molecular complexity index is 1960. The molecule has 7 rings (SSSR count). The lowest BCUT2D eigenvalue weighted by Crippen LogP contribution is -2.70. The number of unbranched alkanes of at least 4 members (excludes halogenated alkanes) is 2. The zero-order valence-corrected chi connectivity index (χ0v) is 37.7. The van der Waals surface area contributed by atoms with E-state index in [-0.39, 0.29) is 49.4 Å². The van der Waals surface area contributed by atoms with Crippen LogP contribution < -0.4 is 9.47 Å². The molecule has 0 radical (unpaired) electrons. The lowest BCUT2D eigenvalue weighted by atomic mass is 9.55. The van der Waals surface area contributed by atoms with Crippen LogP contribution in [0.25, 0.3) is 0 Å². The summed E-state index contributed by atoms with van der Waals surface area (Å²) < 4.78 is 21.2. The van der Waals surface area contributed by atoms with Gasteiger partial charge >= 0.3 is 0 Å². The molecule has 1 heterocycles. The molecule has 4 aliphatic rings. The Kier molecular flexibility index (Phi) is 16.7. The first-order chi connectivity index (χ1) is 30.4. The van der Waals surface area contributed by atoms with Crippen LogP contribution in [0.5, 0.6) is 17.2 Å². The summed E-state index contributed by atoms with van der Waals surface area (Å²) in [5.74, 6) is 1.42. The molecule has 9 nitrogen and oxygen atoms in total. The normalized spacial score (nSPS) is 24.7. The molecule has 3 aliphatic carbocycles. The van der Waals surface area contributed by atoms with Gasteiger partial charge < -0.3 is 34.2 Å². The lowest BCUT2D eigenvalue weighted by Gasteiger charge is -2.60. The van der Waals surface area contributed by atoms with Crippen molar-refractivity contribution < 1.29 is 34.1 Å². The first kappa shape index (κ1) is 45.9. The van der Waals surface area contributed by atoms with E-state index in [1.807, 2.05) is 54.6 Å². The molecule has 6 atom stereocenters. The van der Waals surface area contributed by atoms with E-state index in [0.717, 1.165) is 77.3 Å². The maximum Gasteiger partial charge on any atom is 0.239 e. The zero-order valence-electron chi connectivity index (χ0n) is 36.9. The number of hydrogen-bond donors (Lipinski definition) is 2. The number of allylic oxidation sites excluding steroid dienone is 1. The van der Waals surface area contributed by atoms with E-state index >= 15 is 0 Å². The number of carbonyl (C=O) groups is 1. The number of thioether (sulfide) groups is 1. The molecule has 0 spiro atoms. The van der Waals surface area contributed by atoms with Crippen molar-refractivity contribution in [3.63, 3.8) is 0 Å². The Hall–Kier alpha value is -4.09. The van der Waals surface area contributed by atoms with Crippen molar-refractivity contribution in [2.75, 3.05) is 32.6 Å². The van der Waals surface area contributed by atoms with Crippen LogP contribution in [0.2, 0.25) is 0 Å². The van der Waals surface area contributed by atoms with E-state index < -0.39 is 11.8 Å². The van der Waals surface area contributed by atoms with E-state index in [1.165, 1.54) is 25.7 Å². The van der Waals surface area contributed by atoms with Crippen LogP contribution in [0.3, 0.4) is 0 Å². The Morgan fingerprint density at radius 1 is 0.968 bits per heavy atom. The molecule has 0 saturated heterocycles. The average Bonchev–Trinajstić information content (AvgIpc) is 3.83. The number of nitrogens with zero attached hydrogens (tertiary/aromatic N) is 2. The van der Waals surface area contributed by atoms with Gasteiger partial charge in [0.25, 0.3) is 0 Å². The minimum atomic E-state index is -1.27. The maximum absolute atomic E-state index is 14.8. The van der Waals surface area contributed by atoms with Crippen molar-refractivity contribution in [1.82, 2.24) is 4.90 Å². The fraction of sp³-hybridized carbons (Fsp3) is 0.538. The lowest BCUT2D eigenvalue weighted by molar-refractivity contribution is -0.257. The van der Waals surface area contributed by atoms with Crippen molar-refractivity contribution in [3.05, 3.63) is 108 Å². The Labute approximate surface area is 373 Å². The molecule has 2 saturated carbocycles. The topological polar surface area (TPSA) is 110 Å². The van der Waals surface area contributed by atoms with E-state index in [4.69, 9.17) is 24.2 Å². The number of hydrogen-bond acceptors (Lipinski definition) is 9. The number of fused-ring (bicyclic) bond motifs is 2. The van der Waals surface area contributed by atoms with Gasteiger partial charge in [-0.3, -0.25) is 4.79 Å². The maximum atomic E-state index is 14.8. The molecule has 334 valence electrons. The molecule has 0 bridgehead atoms. The van der Waals surface area contributed by atoms with E-state index in [2.05, 4.69) is 48.9 Å². The van der Waals surface area contributed by atoms with Crippen LogP contribution in [-0.2, 0) is 21.0 Å². The fourth-order valence-corrected chi connectivity index (χ4v) is 11.1. The molecule has 2 fully saturated rings. The third-order valence-corrected chi connectivity index (χ3v) is 14.3. The molecule has 3 aromatic carbocycles. The third-order valence-electron chi connectivity index (χ3n) is 13.6. The van der Waals surface area contributed by atoms with Crippen LogP contribution in [-0.4, -0.2) is 71.2 Å². The minimum Gasteiger partial charge on any atom is -0.459 e. The van der Waals surface area contributed by atoms with E-state index in [9.17, 15) is 15.0 Å². The van der Waals surface area contributed by atoms with Crippen LogP contribution in [0.4, 0.5) is 0 Å². The van der Waals surface area contributed by atoms with Crippen molar-refractivity contribution >= 4 is 23.4 Å². The molecule has 1 aliphatic heterocycles. The smallest absolute Gasteiger partial charge is 0.239 e. The number of aliphatic hydroxyl groups is 2. The minimum absolute atomic E-state index is 0.122. The third kappa shape index (κ3) is 10.6. The molecule has 62 heavy (non-hydrogen) atoms. The Balaban J connectivity index is 1.40. The largest absolute Gasteiger partial charge is 0.459 e. The van der Waals surface area contributed by atoms with Crippen molar-refractivity contribution in [2.45, 2.75) is 126 Å². The standard InChI is InChI=1S/C52H68N2O7S/c1-4-29-54(49(57)28-21-37-15-9-10-16-37)48-35-46(53-59-36-38-17-7-6-8-18-38)44-33-39(19-11-13-30-55)43(20-12-14-31-56)50-45-34-41(60-40-22-25-42(62-3)26-23-40)24-27-47(45)61-52(48,51(44)50)58-32-5-2/h5-8,17-18,22-27,33-34,37,39,43,48,50-51,55-56H,2,4,9-16,19-21,28-32,35-36H2,1,3H3/t39-,43+,48-,50+,51+,52+/m0/s1. The van der Waals surface area contributed by atoms with Gasteiger partial charge in [0.2, 0.25) is 11.7 Å². The van der Waals surface area contributed by atoms with Gasteiger partial charge in [0.15, 0.2) is 0 Å². The van der Waals surface area contributed by atoms with Gasteiger partial charge in [-0.05, 0) is 116 Å². The summed E-state index contributed by atoms with van der Waals surface area (Å²) in [4.78, 5) is 24.3. The molecular weight excluding hydrogens is 797 g/mol. The highest BCUT2D eigenvalue weighted by Crippen LogP contribution is 2.62. The Morgan fingerprint density at radius 3 is 2.42 bits per heavy atom. The number of aliphatic hydroxyl groups excluding tert-OH is 2. The van der Waals surface area contributed by atoms with Crippen molar-refractivity contribution in [1.29, 1.82) is 0 Å². The number of oxime groups is 1. The second-order valence-electron chi connectivity index (χ2n) is 17.6. The molecule has 0 aromatic heterocycles. The molecule has 10 heteroatoms. The summed E-state index contributed by atoms with van der Waals surface area (Å²) in [5, 5.41) is 25.0. The van der Waals surface area contributed by atoms with E-state index in [1.54, 1.807) is 17.8 Å². The summed E-state index contributed by atoms with van der Waals surface area (Å²) >= 11 is 1.69. The van der Waals surface area contributed by atoms with Crippen molar-refractivity contribution in [2.24, 2.45) is 28.8 Å².